The van der Waals surface area contributed by atoms with Crippen LogP contribution in [0.3, 0.4) is 0 Å². The molecule has 0 saturated heterocycles. The van der Waals surface area contributed by atoms with Gasteiger partial charge in [0.05, 0.1) is 12.8 Å². The second kappa shape index (κ2) is 7.31. The zero-order valence-corrected chi connectivity index (χ0v) is 15.0. The number of benzene rings is 2. The van der Waals surface area contributed by atoms with Crippen LogP contribution in [0.2, 0.25) is 0 Å². The molecule has 3 rings (SSSR count). The van der Waals surface area contributed by atoms with Gasteiger partial charge in [-0.2, -0.15) is 0 Å². The number of hydrogen-bond donors (Lipinski definition) is 0. The Labute approximate surface area is 143 Å². The van der Waals surface area contributed by atoms with Crippen LogP contribution < -0.4 is 9.64 Å². The molecule has 23 heavy (non-hydrogen) atoms. The molecule has 0 saturated carbocycles. The summed E-state index contributed by atoms with van der Waals surface area (Å²) in [6, 6.07) is 17.2. The minimum absolute atomic E-state index is 0.435. The Morgan fingerprint density at radius 1 is 1.13 bits per heavy atom. The fourth-order valence-corrected chi connectivity index (χ4v) is 4.53. The van der Waals surface area contributed by atoms with Gasteiger partial charge in [-0.25, -0.2) is 0 Å². The molecule has 1 heterocycles. The molecule has 0 amide bonds. The maximum Gasteiger partial charge on any atom is 0.123 e. The highest BCUT2D eigenvalue weighted by molar-refractivity contribution is 7.99. The first-order chi connectivity index (χ1) is 11.2. The Balaban J connectivity index is 1.94. The lowest BCUT2D eigenvalue weighted by molar-refractivity contribution is 0.408. The largest absolute Gasteiger partial charge is 0.496 e. The summed E-state index contributed by atoms with van der Waals surface area (Å²) in [4.78, 5) is 3.92. The normalized spacial score (nSPS) is 17.7. The third-order valence-electron chi connectivity index (χ3n) is 4.21. The van der Waals surface area contributed by atoms with Gasteiger partial charge in [-0.3, -0.25) is 0 Å². The molecular weight excluding hydrogens is 302 g/mol. The Kier molecular flexibility index (Phi) is 5.16. The highest BCUT2D eigenvalue weighted by Gasteiger charge is 2.25. The molecule has 0 aliphatic carbocycles. The molecule has 3 heteroatoms. The zero-order chi connectivity index (χ0) is 16.2. The van der Waals surface area contributed by atoms with Gasteiger partial charge in [0, 0.05) is 28.8 Å². The average Bonchev–Trinajstić information content (AvgIpc) is 2.74. The number of para-hydroxylation sites is 2. The maximum absolute atomic E-state index is 5.59. The molecule has 0 bridgehead atoms. The van der Waals surface area contributed by atoms with E-state index >= 15 is 0 Å². The molecule has 1 atom stereocenters. The molecule has 0 radical (unpaired) electrons. The summed E-state index contributed by atoms with van der Waals surface area (Å²) >= 11 is 1.97. The van der Waals surface area contributed by atoms with Crippen LogP contribution in [0, 0.1) is 5.92 Å². The van der Waals surface area contributed by atoms with E-state index in [4.69, 9.17) is 4.74 Å². The highest BCUT2D eigenvalue weighted by atomic mass is 32.2. The van der Waals surface area contributed by atoms with Crippen molar-refractivity contribution in [2.24, 2.45) is 5.92 Å². The third-order valence-corrected chi connectivity index (χ3v) is 5.58. The minimum Gasteiger partial charge on any atom is -0.496 e. The van der Waals surface area contributed by atoms with E-state index in [9.17, 15) is 0 Å². The smallest absolute Gasteiger partial charge is 0.123 e. The van der Waals surface area contributed by atoms with Gasteiger partial charge in [0.1, 0.15) is 5.75 Å². The van der Waals surface area contributed by atoms with Crippen LogP contribution in [-0.4, -0.2) is 20.2 Å². The van der Waals surface area contributed by atoms with Crippen LogP contribution in [0.15, 0.2) is 53.4 Å². The van der Waals surface area contributed by atoms with Crippen molar-refractivity contribution in [3.8, 4) is 5.75 Å². The van der Waals surface area contributed by atoms with Crippen LogP contribution in [0.5, 0.6) is 5.75 Å². The van der Waals surface area contributed by atoms with Crippen molar-refractivity contribution in [1.82, 2.24) is 0 Å². The number of fused-ring (bicyclic) bond motifs is 1. The highest BCUT2D eigenvalue weighted by Crippen LogP contribution is 2.47. The third kappa shape index (κ3) is 3.66. The maximum atomic E-state index is 5.59. The topological polar surface area (TPSA) is 12.5 Å². The predicted octanol–water partition coefficient (Wildman–Crippen LogP) is 5.39. The summed E-state index contributed by atoms with van der Waals surface area (Å²) in [7, 11) is 1.76. The molecule has 0 N–H and O–H groups in total. The fraction of sp³-hybridized carbons (Fsp3) is 0.400. The van der Waals surface area contributed by atoms with Crippen molar-refractivity contribution in [3.05, 3.63) is 54.1 Å². The summed E-state index contributed by atoms with van der Waals surface area (Å²) in [6.45, 7) is 6.78. The predicted molar refractivity (Wildman–Crippen MR) is 99.7 cm³/mol. The molecule has 1 aliphatic rings. The molecule has 2 aromatic rings. The van der Waals surface area contributed by atoms with Crippen molar-refractivity contribution in [2.45, 2.75) is 30.4 Å². The van der Waals surface area contributed by atoms with Gasteiger partial charge in [0.15, 0.2) is 0 Å². The van der Waals surface area contributed by atoms with E-state index in [-0.39, 0.29) is 0 Å². The standard InChI is InChI=1S/C20H25NOS/c1-15(2)14-21-13-12-19(16-8-4-6-10-18(16)22-3)23-20-11-7-5-9-17(20)21/h4-11,15,19H,12-14H2,1-3H3. The molecule has 0 fully saturated rings. The van der Waals surface area contributed by atoms with E-state index in [0.717, 1.165) is 25.3 Å². The van der Waals surface area contributed by atoms with Gasteiger partial charge in [-0.15, -0.1) is 11.8 Å². The Morgan fingerprint density at radius 3 is 2.65 bits per heavy atom. The van der Waals surface area contributed by atoms with Crippen LogP contribution in [-0.2, 0) is 0 Å². The fourth-order valence-electron chi connectivity index (χ4n) is 3.21. The van der Waals surface area contributed by atoms with Gasteiger partial charge >= 0.3 is 0 Å². The summed E-state index contributed by atoms with van der Waals surface area (Å²) in [5, 5.41) is 0.435. The van der Waals surface area contributed by atoms with Gasteiger partial charge in [0.25, 0.3) is 0 Å². The molecule has 122 valence electrons. The second-order valence-electron chi connectivity index (χ2n) is 6.44. The molecular formula is C20H25NOS. The van der Waals surface area contributed by atoms with E-state index in [1.807, 2.05) is 17.8 Å². The van der Waals surface area contributed by atoms with E-state index < -0.39 is 0 Å². The number of thioether (sulfide) groups is 1. The van der Waals surface area contributed by atoms with Gasteiger partial charge in [-0.05, 0) is 30.5 Å². The van der Waals surface area contributed by atoms with Crippen molar-refractivity contribution >= 4 is 17.4 Å². The number of hydrogen-bond acceptors (Lipinski definition) is 3. The first-order valence-corrected chi connectivity index (χ1v) is 9.20. The lowest BCUT2D eigenvalue weighted by Crippen LogP contribution is -2.28. The lowest BCUT2D eigenvalue weighted by Gasteiger charge is -2.26. The van der Waals surface area contributed by atoms with E-state index in [1.54, 1.807) is 7.11 Å². The van der Waals surface area contributed by atoms with Crippen LogP contribution in [0.1, 0.15) is 31.1 Å². The van der Waals surface area contributed by atoms with Crippen molar-refractivity contribution < 1.29 is 4.74 Å². The molecule has 2 nitrogen and oxygen atoms in total. The molecule has 0 aromatic heterocycles. The number of nitrogens with zero attached hydrogens (tertiary/aromatic N) is 1. The number of ether oxygens (including phenoxy) is 1. The van der Waals surface area contributed by atoms with Gasteiger partial charge in [-0.1, -0.05) is 44.2 Å². The first-order valence-electron chi connectivity index (χ1n) is 8.32. The second-order valence-corrected chi connectivity index (χ2v) is 7.69. The summed E-state index contributed by atoms with van der Waals surface area (Å²) in [5.41, 5.74) is 2.68. The molecule has 1 unspecified atom stereocenters. The zero-order valence-electron chi connectivity index (χ0n) is 14.2. The Bertz CT molecular complexity index is 656. The van der Waals surface area contributed by atoms with Gasteiger partial charge in [0.2, 0.25) is 0 Å². The quantitative estimate of drug-likeness (QED) is 0.746. The Hall–Kier alpha value is -1.61. The van der Waals surface area contributed by atoms with E-state index in [1.165, 1.54) is 16.1 Å². The van der Waals surface area contributed by atoms with Gasteiger partial charge < -0.3 is 9.64 Å². The summed E-state index contributed by atoms with van der Waals surface area (Å²) < 4.78 is 5.59. The summed E-state index contributed by atoms with van der Waals surface area (Å²) in [6.07, 6.45) is 1.13. The number of rotatable bonds is 4. The monoisotopic (exact) mass is 327 g/mol. The van der Waals surface area contributed by atoms with Crippen molar-refractivity contribution in [1.29, 1.82) is 0 Å². The average molecular weight is 327 g/mol. The van der Waals surface area contributed by atoms with E-state index in [0.29, 0.717) is 11.2 Å². The van der Waals surface area contributed by atoms with Crippen molar-refractivity contribution in [3.63, 3.8) is 0 Å². The van der Waals surface area contributed by atoms with Crippen LogP contribution in [0.4, 0.5) is 5.69 Å². The Morgan fingerprint density at radius 2 is 1.87 bits per heavy atom. The molecule has 0 spiro atoms. The number of anilines is 1. The van der Waals surface area contributed by atoms with Crippen molar-refractivity contribution in [2.75, 3.05) is 25.1 Å². The minimum atomic E-state index is 0.435. The van der Waals surface area contributed by atoms with E-state index in [2.05, 4.69) is 61.2 Å². The first kappa shape index (κ1) is 16.3. The SMILES string of the molecule is COc1ccccc1C1CCN(CC(C)C)c2ccccc2S1. The number of methoxy groups -OCH3 is 1. The lowest BCUT2D eigenvalue weighted by atomic mass is 10.1. The molecule has 2 aromatic carbocycles. The van der Waals surface area contributed by atoms with Crippen LogP contribution >= 0.6 is 11.8 Å². The summed E-state index contributed by atoms with van der Waals surface area (Å²) in [5.74, 6) is 1.66. The molecule has 1 aliphatic heterocycles. The van der Waals surface area contributed by atoms with Crippen LogP contribution in [0.25, 0.3) is 0 Å².